The van der Waals surface area contributed by atoms with Crippen molar-refractivity contribution in [2.45, 2.75) is 19.8 Å². The molecule has 0 aliphatic carbocycles. The Labute approximate surface area is 120 Å². The highest BCUT2D eigenvalue weighted by atomic mass is 35.5. The van der Waals surface area contributed by atoms with Crippen molar-refractivity contribution in [2.24, 2.45) is 0 Å². The molecule has 0 aromatic carbocycles. The van der Waals surface area contributed by atoms with E-state index in [1.807, 2.05) is 0 Å². The zero-order chi connectivity index (χ0) is 14.1. The number of rotatable bonds is 9. The summed E-state index contributed by atoms with van der Waals surface area (Å²) < 4.78 is 5.04. The Morgan fingerprint density at radius 3 is 2.89 bits per heavy atom. The summed E-state index contributed by atoms with van der Waals surface area (Å²) in [5.41, 5.74) is 1.09. The maximum atomic E-state index is 5.81. The molecule has 0 saturated carbocycles. The number of methoxy groups -OCH3 is 1. The lowest BCUT2D eigenvalue weighted by molar-refractivity contribution is 0.161. The van der Waals surface area contributed by atoms with E-state index in [-0.39, 0.29) is 5.28 Å². The second-order valence-corrected chi connectivity index (χ2v) is 4.78. The minimum absolute atomic E-state index is 0.289. The van der Waals surface area contributed by atoms with E-state index in [1.54, 1.807) is 13.3 Å². The average molecular weight is 287 g/mol. The van der Waals surface area contributed by atoms with Crippen molar-refractivity contribution in [3.8, 4) is 0 Å². The van der Waals surface area contributed by atoms with E-state index in [9.17, 15) is 0 Å². The molecule has 1 rings (SSSR count). The lowest BCUT2D eigenvalue weighted by Gasteiger charge is -2.16. The van der Waals surface area contributed by atoms with Crippen LogP contribution in [0.5, 0.6) is 0 Å². The van der Waals surface area contributed by atoms with Crippen molar-refractivity contribution in [1.82, 2.24) is 14.9 Å². The predicted octanol–water partition coefficient (Wildman–Crippen LogP) is 2.07. The third-order valence-corrected chi connectivity index (χ3v) is 3.08. The molecule has 0 atom stereocenters. The molecule has 0 unspecified atom stereocenters. The number of hydrogen-bond acceptors (Lipinski definition) is 5. The molecule has 19 heavy (non-hydrogen) atoms. The van der Waals surface area contributed by atoms with Gasteiger partial charge in [-0.2, -0.15) is 0 Å². The van der Waals surface area contributed by atoms with Crippen molar-refractivity contribution >= 4 is 17.4 Å². The van der Waals surface area contributed by atoms with Gasteiger partial charge in [0.25, 0.3) is 0 Å². The van der Waals surface area contributed by atoms with E-state index >= 15 is 0 Å². The fourth-order valence-electron chi connectivity index (χ4n) is 1.71. The summed E-state index contributed by atoms with van der Waals surface area (Å²) in [4.78, 5) is 10.5. The minimum atomic E-state index is 0.289. The summed E-state index contributed by atoms with van der Waals surface area (Å²) in [6.07, 6.45) is 3.72. The third-order valence-electron chi connectivity index (χ3n) is 2.90. The topological polar surface area (TPSA) is 50.3 Å². The van der Waals surface area contributed by atoms with Gasteiger partial charge in [0, 0.05) is 32.0 Å². The number of aromatic nitrogens is 2. The highest BCUT2D eigenvalue weighted by molar-refractivity contribution is 6.28. The Hall–Kier alpha value is -0.910. The summed E-state index contributed by atoms with van der Waals surface area (Å²) >= 11 is 5.81. The number of ether oxygens (including phenoxy) is 1. The second kappa shape index (κ2) is 9.07. The maximum absolute atomic E-state index is 5.81. The molecule has 5 nitrogen and oxygen atoms in total. The number of anilines is 1. The van der Waals surface area contributed by atoms with Crippen LogP contribution >= 0.6 is 11.6 Å². The number of halogens is 1. The van der Waals surface area contributed by atoms with E-state index in [4.69, 9.17) is 16.3 Å². The molecule has 6 heteroatoms. The van der Waals surface area contributed by atoms with Crippen LogP contribution in [0.15, 0.2) is 6.20 Å². The molecule has 0 radical (unpaired) electrons. The molecule has 1 aromatic heterocycles. The van der Waals surface area contributed by atoms with Crippen molar-refractivity contribution < 1.29 is 4.74 Å². The van der Waals surface area contributed by atoms with Crippen LogP contribution in [0.3, 0.4) is 0 Å². The maximum Gasteiger partial charge on any atom is 0.224 e. The highest BCUT2D eigenvalue weighted by Crippen LogP contribution is 2.14. The van der Waals surface area contributed by atoms with E-state index < -0.39 is 0 Å². The van der Waals surface area contributed by atoms with Crippen molar-refractivity contribution in [3.05, 3.63) is 17.0 Å². The normalized spacial score (nSPS) is 11.0. The predicted molar refractivity (Wildman–Crippen MR) is 78.9 cm³/mol. The number of aryl methyl sites for hydroxylation is 1. The molecule has 1 heterocycles. The van der Waals surface area contributed by atoms with Gasteiger partial charge in [-0.25, -0.2) is 9.97 Å². The summed E-state index contributed by atoms with van der Waals surface area (Å²) in [6.45, 7) is 5.70. The molecular formula is C13H23ClN4O. The van der Waals surface area contributed by atoms with Gasteiger partial charge in [-0.05, 0) is 38.0 Å². The largest absolute Gasteiger partial charge is 0.383 e. The van der Waals surface area contributed by atoms with Gasteiger partial charge in [0.1, 0.15) is 5.82 Å². The van der Waals surface area contributed by atoms with Crippen molar-refractivity contribution in [3.63, 3.8) is 0 Å². The van der Waals surface area contributed by atoms with Gasteiger partial charge in [0.15, 0.2) is 0 Å². The Bertz CT molecular complexity index is 376. The Morgan fingerprint density at radius 2 is 2.21 bits per heavy atom. The van der Waals surface area contributed by atoms with E-state index in [1.165, 1.54) is 0 Å². The minimum Gasteiger partial charge on any atom is -0.383 e. The van der Waals surface area contributed by atoms with Crippen molar-refractivity contribution in [2.75, 3.05) is 45.7 Å². The molecule has 1 N–H and O–H groups in total. The lowest BCUT2D eigenvalue weighted by atomic mass is 10.2. The van der Waals surface area contributed by atoms with Crippen LogP contribution in [0.1, 0.15) is 18.9 Å². The number of likely N-dealkylation sites (N-methyl/N-ethyl adjacent to an activating group) is 1. The molecule has 0 aliphatic rings. The Morgan fingerprint density at radius 1 is 1.42 bits per heavy atom. The summed E-state index contributed by atoms with van der Waals surface area (Å²) in [6, 6.07) is 0. The Balaban J connectivity index is 2.31. The van der Waals surface area contributed by atoms with E-state index in [2.05, 4.69) is 34.2 Å². The molecular weight excluding hydrogens is 264 g/mol. The molecule has 0 bridgehead atoms. The van der Waals surface area contributed by atoms with Gasteiger partial charge in [0.2, 0.25) is 5.28 Å². The molecule has 0 fully saturated rings. The molecule has 0 spiro atoms. The average Bonchev–Trinajstić information content (AvgIpc) is 2.41. The van der Waals surface area contributed by atoms with Crippen LogP contribution in [0.4, 0.5) is 5.82 Å². The first-order valence-electron chi connectivity index (χ1n) is 6.60. The van der Waals surface area contributed by atoms with Gasteiger partial charge in [-0.1, -0.05) is 6.92 Å². The Kier molecular flexibility index (Phi) is 7.70. The standard InChI is InChI=1S/C13H23ClN4O/c1-4-11-10-16-13(14)17-12(11)15-6-5-7-18(2)8-9-19-3/h10H,4-9H2,1-3H3,(H,15,16,17). The molecule has 1 aromatic rings. The summed E-state index contributed by atoms with van der Waals surface area (Å²) in [7, 11) is 3.82. The van der Waals surface area contributed by atoms with Crippen LogP contribution in [0.25, 0.3) is 0 Å². The van der Waals surface area contributed by atoms with Crippen LogP contribution in [-0.4, -0.2) is 55.3 Å². The first-order valence-corrected chi connectivity index (χ1v) is 6.98. The van der Waals surface area contributed by atoms with Crippen LogP contribution in [0.2, 0.25) is 5.28 Å². The zero-order valence-corrected chi connectivity index (χ0v) is 12.7. The molecule has 0 saturated heterocycles. The second-order valence-electron chi connectivity index (χ2n) is 4.44. The SMILES string of the molecule is CCc1cnc(Cl)nc1NCCCN(C)CCOC. The molecule has 0 amide bonds. The third kappa shape index (κ3) is 6.18. The van der Waals surface area contributed by atoms with Gasteiger partial charge >= 0.3 is 0 Å². The van der Waals surface area contributed by atoms with E-state index in [0.29, 0.717) is 0 Å². The first-order chi connectivity index (χ1) is 9.17. The van der Waals surface area contributed by atoms with Gasteiger partial charge in [-0.15, -0.1) is 0 Å². The summed E-state index contributed by atoms with van der Waals surface area (Å²) in [5.74, 6) is 0.849. The lowest BCUT2D eigenvalue weighted by Crippen LogP contribution is -2.25. The number of nitrogens with one attached hydrogen (secondary N) is 1. The van der Waals surface area contributed by atoms with E-state index in [0.717, 1.165) is 50.5 Å². The first kappa shape index (κ1) is 16.1. The highest BCUT2D eigenvalue weighted by Gasteiger charge is 2.04. The van der Waals surface area contributed by atoms with Gasteiger partial charge < -0.3 is 15.0 Å². The molecule has 0 aliphatic heterocycles. The van der Waals surface area contributed by atoms with Crippen LogP contribution in [-0.2, 0) is 11.2 Å². The van der Waals surface area contributed by atoms with Crippen molar-refractivity contribution in [1.29, 1.82) is 0 Å². The molecule has 108 valence electrons. The van der Waals surface area contributed by atoms with Gasteiger partial charge in [0.05, 0.1) is 6.61 Å². The van der Waals surface area contributed by atoms with Gasteiger partial charge in [-0.3, -0.25) is 0 Å². The monoisotopic (exact) mass is 286 g/mol. The number of nitrogens with zero attached hydrogens (tertiary/aromatic N) is 3. The quantitative estimate of drug-likeness (QED) is 0.556. The fourth-order valence-corrected chi connectivity index (χ4v) is 1.85. The summed E-state index contributed by atoms with van der Waals surface area (Å²) in [5, 5.41) is 3.61. The zero-order valence-electron chi connectivity index (χ0n) is 11.9. The number of hydrogen-bond donors (Lipinski definition) is 1. The smallest absolute Gasteiger partial charge is 0.224 e. The van der Waals surface area contributed by atoms with Crippen LogP contribution < -0.4 is 5.32 Å². The van der Waals surface area contributed by atoms with Crippen LogP contribution in [0, 0.1) is 0 Å². The fraction of sp³-hybridized carbons (Fsp3) is 0.692.